The molecule has 2 unspecified atom stereocenters. The van der Waals surface area contributed by atoms with Gasteiger partial charge in [0, 0.05) is 15.9 Å². The van der Waals surface area contributed by atoms with Crippen LogP contribution in [-0.4, -0.2) is 16.3 Å². The maximum atomic E-state index is 10.7. The van der Waals surface area contributed by atoms with E-state index in [1.807, 2.05) is 11.8 Å². The van der Waals surface area contributed by atoms with Gasteiger partial charge in [-0.05, 0) is 12.8 Å². The zero-order chi connectivity index (χ0) is 9.19. The van der Waals surface area contributed by atoms with Crippen LogP contribution in [0.15, 0.2) is 0 Å². The Morgan fingerprint density at radius 3 is 2.50 bits per heavy atom. The van der Waals surface area contributed by atoms with Crippen molar-refractivity contribution in [2.75, 3.05) is 0 Å². The highest BCUT2D eigenvalue weighted by Crippen LogP contribution is 2.40. The molecular formula is C10H18OS. The summed E-state index contributed by atoms with van der Waals surface area (Å²) >= 11 is 1.97. The number of hydrogen-bond donors (Lipinski definition) is 0. The normalized spacial score (nSPS) is 30.6. The lowest BCUT2D eigenvalue weighted by Crippen LogP contribution is -2.19. The monoisotopic (exact) mass is 186 g/mol. The van der Waals surface area contributed by atoms with E-state index in [0.29, 0.717) is 15.9 Å². The second-order valence-corrected chi connectivity index (χ2v) is 6.57. The van der Waals surface area contributed by atoms with Gasteiger partial charge in [0.15, 0.2) is 0 Å². The molecule has 2 heteroatoms. The number of aldehydes is 1. The first-order chi connectivity index (χ1) is 5.53. The standard InChI is InChI=1S/C10H18OS/c1-10(2,3)12-9-6-4-5-8(9)7-11/h7-9H,4-6H2,1-3H3. The first kappa shape index (κ1) is 10.1. The van der Waals surface area contributed by atoms with Gasteiger partial charge >= 0.3 is 0 Å². The molecule has 0 aromatic rings. The molecule has 0 saturated heterocycles. The summed E-state index contributed by atoms with van der Waals surface area (Å²) in [5.41, 5.74) is 0. The van der Waals surface area contributed by atoms with Gasteiger partial charge in [0.1, 0.15) is 6.29 Å². The number of hydrogen-bond acceptors (Lipinski definition) is 2. The van der Waals surface area contributed by atoms with Crippen molar-refractivity contribution in [3.05, 3.63) is 0 Å². The van der Waals surface area contributed by atoms with E-state index < -0.39 is 0 Å². The minimum absolute atomic E-state index is 0.302. The molecule has 0 aliphatic heterocycles. The van der Waals surface area contributed by atoms with Gasteiger partial charge in [-0.1, -0.05) is 27.2 Å². The molecule has 0 spiro atoms. The molecule has 0 N–H and O–H groups in total. The predicted octanol–water partition coefficient (Wildman–Crippen LogP) is 2.89. The molecule has 1 aliphatic rings. The van der Waals surface area contributed by atoms with Crippen LogP contribution in [-0.2, 0) is 4.79 Å². The Balaban J connectivity index is 2.46. The smallest absolute Gasteiger partial charge is 0.124 e. The molecule has 70 valence electrons. The van der Waals surface area contributed by atoms with Gasteiger partial charge in [0.2, 0.25) is 0 Å². The van der Waals surface area contributed by atoms with Gasteiger partial charge in [-0.15, -0.1) is 0 Å². The number of carbonyl (C=O) groups excluding carboxylic acids is 1. The Morgan fingerprint density at radius 2 is 2.00 bits per heavy atom. The van der Waals surface area contributed by atoms with E-state index in [1.165, 1.54) is 12.8 Å². The summed E-state index contributed by atoms with van der Waals surface area (Å²) in [6.45, 7) is 6.66. The second kappa shape index (κ2) is 3.82. The zero-order valence-corrected chi connectivity index (χ0v) is 8.99. The van der Waals surface area contributed by atoms with E-state index in [4.69, 9.17) is 0 Å². The molecule has 0 heterocycles. The second-order valence-electron chi connectivity index (χ2n) is 4.50. The van der Waals surface area contributed by atoms with Crippen LogP contribution in [0.25, 0.3) is 0 Å². The zero-order valence-electron chi connectivity index (χ0n) is 8.17. The number of rotatable bonds is 2. The minimum Gasteiger partial charge on any atom is -0.303 e. The summed E-state index contributed by atoms with van der Waals surface area (Å²) in [7, 11) is 0. The highest BCUT2D eigenvalue weighted by atomic mass is 32.2. The third-order valence-corrected chi connectivity index (χ3v) is 3.78. The molecule has 12 heavy (non-hydrogen) atoms. The summed E-state index contributed by atoms with van der Waals surface area (Å²) < 4.78 is 0.302. The van der Waals surface area contributed by atoms with Gasteiger partial charge in [-0.25, -0.2) is 0 Å². The Hall–Kier alpha value is 0.0200. The lowest BCUT2D eigenvalue weighted by atomic mass is 10.1. The average molecular weight is 186 g/mol. The summed E-state index contributed by atoms with van der Waals surface area (Å²) in [6.07, 6.45) is 4.72. The first-order valence-electron chi connectivity index (χ1n) is 4.66. The summed E-state index contributed by atoms with van der Waals surface area (Å²) in [5.74, 6) is 0.328. The Morgan fingerprint density at radius 1 is 1.33 bits per heavy atom. The van der Waals surface area contributed by atoms with Crippen LogP contribution in [0.4, 0.5) is 0 Å². The molecule has 0 bridgehead atoms. The fourth-order valence-electron chi connectivity index (χ4n) is 1.71. The Bertz CT molecular complexity index is 160. The summed E-state index contributed by atoms with van der Waals surface area (Å²) in [6, 6.07) is 0. The van der Waals surface area contributed by atoms with Crippen molar-refractivity contribution in [3.63, 3.8) is 0 Å². The quantitative estimate of drug-likeness (QED) is 0.617. The van der Waals surface area contributed by atoms with Crippen LogP contribution >= 0.6 is 11.8 Å². The third-order valence-electron chi connectivity index (χ3n) is 2.18. The topological polar surface area (TPSA) is 17.1 Å². The molecule has 2 atom stereocenters. The van der Waals surface area contributed by atoms with Crippen molar-refractivity contribution in [3.8, 4) is 0 Å². The molecule has 1 fully saturated rings. The Kier molecular flexibility index (Phi) is 3.22. The van der Waals surface area contributed by atoms with E-state index in [1.54, 1.807) is 0 Å². The van der Waals surface area contributed by atoms with Crippen LogP contribution in [0.5, 0.6) is 0 Å². The molecule has 0 aromatic carbocycles. The van der Waals surface area contributed by atoms with Crippen molar-refractivity contribution < 1.29 is 4.79 Å². The average Bonchev–Trinajstić information content (AvgIpc) is 2.31. The largest absolute Gasteiger partial charge is 0.303 e. The fraction of sp³-hybridized carbons (Fsp3) is 0.900. The van der Waals surface area contributed by atoms with Gasteiger partial charge in [0.05, 0.1) is 0 Å². The molecular weight excluding hydrogens is 168 g/mol. The van der Waals surface area contributed by atoms with Crippen molar-refractivity contribution in [1.29, 1.82) is 0 Å². The third kappa shape index (κ3) is 2.81. The van der Waals surface area contributed by atoms with E-state index >= 15 is 0 Å². The molecule has 0 radical (unpaired) electrons. The molecule has 1 nitrogen and oxygen atoms in total. The van der Waals surface area contributed by atoms with Crippen LogP contribution in [0.2, 0.25) is 0 Å². The molecule has 0 aromatic heterocycles. The summed E-state index contributed by atoms with van der Waals surface area (Å²) in [5, 5.41) is 0.586. The van der Waals surface area contributed by atoms with E-state index in [9.17, 15) is 4.79 Å². The van der Waals surface area contributed by atoms with Gasteiger partial charge in [0.25, 0.3) is 0 Å². The number of thioether (sulfide) groups is 1. The van der Waals surface area contributed by atoms with Crippen LogP contribution in [0.3, 0.4) is 0 Å². The van der Waals surface area contributed by atoms with Crippen molar-refractivity contribution in [2.45, 2.75) is 50.0 Å². The molecule has 0 amide bonds. The minimum atomic E-state index is 0.302. The molecule has 1 aliphatic carbocycles. The predicted molar refractivity (Wildman–Crippen MR) is 54.5 cm³/mol. The van der Waals surface area contributed by atoms with Gasteiger partial charge in [-0.3, -0.25) is 0 Å². The lowest BCUT2D eigenvalue weighted by molar-refractivity contribution is -0.110. The maximum Gasteiger partial charge on any atom is 0.124 e. The highest BCUT2D eigenvalue weighted by molar-refractivity contribution is 8.01. The van der Waals surface area contributed by atoms with Crippen LogP contribution in [0.1, 0.15) is 40.0 Å². The molecule has 1 rings (SSSR count). The highest BCUT2D eigenvalue weighted by Gasteiger charge is 2.30. The molecule has 1 saturated carbocycles. The SMILES string of the molecule is CC(C)(C)SC1CCCC1C=O. The number of carbonyl (C=O) groups is 1. The van der Waals surface area contributed by atoms with Crippen molar-refractivity contribution in [2.24, 2.45) is 5.92 Å². The van der Waals surface area contributed by atoms with E-state index in [0.717, 1.165) is 12.7 Å². The van der Waals surface area contributed by atoms with E-state index in [2.05, 4.69) is 20.8 Å². The van der Waals surface area contributed by atoms with Crippen LogP contribution in [0, 0.1) is 5.92 Å². The summed E-state index contributed by atoms with van der Waals surface area (Å²) in [4.78, 5) is 10.7. The first-order valence-corrected chi connectivity index (χ1v) is 5.54. The van der Waals surface area contributed by atoms with Crippen molar-refractivity contribution >= 4 is 18.0 Å². The fourth-order valence-corrected chi connectivity index (χ4v) is 3.28. The van der Waals surface area contributed by atoms with Crippen molar-refractivity contribution in [1.82, 2.24) is 0 Å². The Labute approximate surface area is 79.3 Å². The van der Waals surface area contributed by atoms with E-state index in [-0.39, 0.29) is 0 Å². The lowest BCUT2D eigenvalue weighted by Gasteiger charge is -2.24. The van der Waals surface area contributed by atoms with Gasteiger partial charge < -0.3 is 4.79 Å². The van der Waals surface area contributed by atoms with Crippen LogP contribution < -0.4 is 0 Å². The van der Waals surface area contributed by atoms with Gasteiger partial charge in [-0.2, -0.15) is 11.8 Å². The maximum absolute atomic E-state index is 10.7.